The Morgan fingerprint density at radius 3 is 2.15 bits per heavy atom. The summed E-state index contributed by atoms with van der Waals surface area (Å²) in [6.45, 7) is 0.117. The minimum Gasteiger partial charge on any atom is -0.479 e. The van der Waals surface area contributed by atoms with Crippen LogP contribution in [-0.4, -0.2) is 34.7 Å². The smallest absolute Gasteiger partial charge is 0.411 e. The van der Waals surface area contributed by atoms with Crippen molar-refractivity contribution < 1.29 is 19.4 Å². The maximum absolute atomic E-state index is 13.3. The molecule has 1 saturated carbocycles. The van der Waals surface area contributed by atoms with Crippen molar-refractivity contribution in [2.24, 2.45) is 0 Å². The Morgan fingerprint density at radius 1 is 0.970 bits per heavy atom. The second-order valence-electron chi connectivity index (χ2n) is 8.35. The third-order valence-corrected chi connectivity index (χ3v) is 6.83. The highest BCUT2D eigenvalue weighted by molar-refractivity contribution is 6.33. The zero-order chi connectivity index (χ0) is 23.1. The van der Waals surface area contributed by atoms with Gasteiger partial charge in [-0.3, -0.25) is 4.90 Å². The van der Waals surface area contributed by atoms with Crippen LogP contribution in [0.25, 0.3) is 11.1 Å². The fourth-order valence-electron chi connectivity index (χ4n) is 4.61. The number of fused-ring (bicyclic) bond motifs is 3. The van der Waals surface area contributed by atoms with Gasteiger partial charge >= 0.3 is 12.1 Å². The second kappa shape index (κ2) is 8.73. The topological polar surface area (TPSA) is 66.8 Å². The number of amides is 1. The van der Waals surface area contributed by atoms with E-state index in [2.05, 4.69) is 12.1 Å². The molecule has 5 nitrogen and oxygen atoms in total. The second-order valence-corrected chi connectivity index (χ2v) is 9.19. The molecule has 5 rings (SSSR count). The molecule has 0 radical (unpaired) electrons. The number of aliphatic carboxylic acids is 1. The first-order valence-electron chi connectivity index (χ1n) is 10.8. The summed E-state index contributed by atoms with van der Waals surface area (Å²) in [5, 5.41) is 10.6. The predicted molar refractivity (Wildman–Crippen MR) is 127 cm³/mol. The minimum absolute atomic E-state index is 0.111. The van der Waals surface area contributed by atoms with Crippen LogP contribution in [0.3, 0.4) is 0 Å². The first kappa shape index (κ1) is 21.8. The van der Waals surface area contributed by atoms with Crippen LogP contribution >= 0.6 is 23.2 Å². The fraction of sp³-hybridized carbons (Fsp3) is 0.231. The number of carbonyl (C=O) groups excluding carboxylic acids is 1. The van der Waals surface area contributed by atoms with E-state index >= 15 is 0 Å². The van der Waals surface area contributed by atoms with Crippen LogP contribution in [0.15, 0.2) is 66.7 Å². The Labute approximate surface area is 201 Å². The normalized spacial score (nSPS) is 15.5. The number of ether oxygens (including phenoxy) is 1. The van der Waals surface area contributed by atoms with Gasteiger partial charge in [0, 0.05) is 27.6 Å². The van der Waals surface area contributed by atoms with Gasteiger partial charge in [0.15, 0.2) is 6.04 Å². The number of hydrogen-bond donors (Lipinski definition) is 1. The first-order chi connectivity index (χ1) is 16.0. The Bertz CT molecular complexity index is 1190. The number of nitrogens with zero attached hydrogens (tertiary/aromatic N) is 1. The van der Waals surface area contributed by atoms with E-state index in [0.29, 0.717) is 17.9 Å². The van der Waals surface area contributed by atoms with Crippen molar-refractivity contribution in [3.05, 3.63) is 93.5 Å². The van der Waals surface area contributed by atoms with Gasteiger partial charge in [-0.1, -0.05) is 71.7 Å². The quantitative estimate of drug-likeness (QED) is 0.434. The highest BCUT2D eigenvalue weighted by Gasteiger charge is 2.43. The van der Waals surface area contributed by atoms with Crippen LogP contribution in [-0.2, 0) is 9.53 Å². The highest BCUT2D eigenvalue weighted by Crippen LogP contribution is 2.45. The van der Waals surface area contributed by atoms with E-state index in [9.17, 15) is 14.7 Å². The molecule has 2 aliphatic rings. The highest BCUT2D eigenvalue weighted by atomic mass is 35.5. The number of hydrogen-bond acceptors (Lipinski definition) is 3. The summed E-state index contributed by atoms with van der Waals surface area (Å²) < 4.78 is 5.77. The largest absolute Gasteiger partial charge is 0.479 e. The molecule has 33 heavy (non-hydrogen) atoms. The third kappa shape index (κ3) is 4.07. The molecule has 1 amide bonds. The lowest BCUT2D eigenvalue weighted by Gasteiger charge is -2.29. The molecule has 1 N–H and O–H groups in total. The summed E-state index contributed by atoms with van der Waals surface area (Å²) in [6, 6.07) is 19.3. The maximum Gasteiger partial charge on any atom is 0.411 e. The summed E-state index contributed by atoms with van der Waals surface area (Å²) in [4.78, 5) is 26.9. The summed E-state index contributed by atoms with van der Waals surface area (Å²) in [6.07, 6.45) is 0.765. The lowest BCUT2D eigenvalue weighted by Crippen LogP contribution is -2.41. The number of carbonyl (C=O) groups is 2. The fourth-order valence-corrected chi connectivity index (χ4v) is 5.01. The molecule has 0 spiro atoms. The van der Waals surface area contributed by atoms with E-state index in [-0.39, 0.29) is 29.2 Å². The Kier molecular flexibility index (Phi) is 5.77. The SMILES string of the molecule is O=C(O)C(c1cc(Cl)ccc1Cl)N(C(=O)OCC1c2ccccc2-c2ccccc21)C1CC1. The molecule has 1 atom stereocenters. The van der Waals surface area contributed by atoms with Gasteiger partial charge in [0.25, 0.3) is 0 Å². The van der Waals surface area contributed by atoms with Gasteiger partial charge in [0.1, 0.15) is 6.61 Å². The van der Waals surface area contributed by atoms with Crippen LogP contribution in [0, 0.1) is 0 Å². The van der Waals surface area contributed by atoms with Gasteiger partial charge in [0.05, 0.1) is 0 Å². The van der Waals surface area contributed by atoms with Crippen molar-refractivity contribution in [2.45, 2.75) is 30.8 Å². The summed E-state index contributed by atoms with van der Waals surface area (Å²) in [7, 11) is 0. The van der Waals surface area contributed by atoms with E-state index in [1.807, 2.05) is 36.4 Å². The molecule has 0 aromatic heterocycles. The van der Waals surface area contributed by atoms with Gasteiger partial charge in [0.2, 0.25) is 0 Å². The molecular formula is C26H21Cl2NO4. The number of rotatable bonds is 6. The van der Waals surface area contributed by atoms with Gasteiger partial charge in [-0.05, 0) is 53.3 Å². The molecular weight excluding hydrogens is 461 g/mol. The molecule has 7 heteroatoms. The molecule has 0 saturated heterocycles. The number of halogens is 2. The van der Waals surface area contributed by atoms with Crippen molar-refractivity contribution >= 4 is 35.3 Å². The average molecular weight is 482 g/mol. The molecule has 1 unspecified atom stereocenters. The Balaban J connectivity index is 1.42. The predicted octanol–water partition coefficient (Wildman–Crippen LogP) is 6.53. The van der Waals surface area contributed by atoms with Crippen LogP contribution in [0.4, 0.5) is 4.79 Å². The van der Waals surface area contributed by atoms with Crippen LogP contribution in [0.1, 0.15) is 41.5 Å². The van der Waals surface area contributed by atoms with Gasteiger partial charge < -0.3 is 9.84 Å². The van der Waals surface area contributed by atoms with Gasteiger partial charge in [-0.2, -0.15) is 0 Å². The molecule has 3 aromatic rings. The van der Waals surface area contributed by atoms with Crippen LogP contribution in [0.5, 0.6) is 0 Å². The van der Waals surface area contributed by atoms with Crippen molar-refractivity contribution in [3.63, 3.8) is 0 Å². The molecule has 1 fully saturated rings. The third-order valence-electron chi connectivity index (χ3n) is 6.25. The number of benzene rings is 3. The standard InChI is InChI=1S/C26H21Cl2NO4/c27-15-9-12-23(28)21(13-15)24(25(30)31)29(16-10-11-16)26(32)33-14-22-19-7-3-1-5-17(19)18-6-2-4-8-20(18)22/h1-9,12-13,16,22,24H,10-11,14H2,(H,30,31). The molecule has 0 aliphatic heterocycles. The molecule has 168 valence electrons. The van der Waals surface area contributed by atoms with E-state index in [4.69, 9.17) is 27.9 Å². The van der Waals surface area contributed by atoms with E-state index in [0.717, 1.165) is 22.3 Å². The first-order valence-corrected chi connectivity index (χ1v) is 11.5. The van der Waals surface area contributed by atoms with Crippen molar-refractivity contribution in [1.82, 2.24) is 4.90 Å². The van der Waals surface area contributed by atoms with Crippen LogP contribution in [0.2, 0.25) is 10.0 Å². The number of carboxylic acids is 1. The monoisotopic (exact) mass is 481 g/mol. The molecule has 3 aromatic carbocycles. The maximum atomic E-state index is 13.3. The van der Waals surface area contributed by atoms with Crippen molar-refractivity contribution in [1.29, 1.82) is 0 Å². The number of carboxylic acid groups (broad SMARTS) is 1. The van der Waals surface area contributed by atoms with Crippen LogP contribution < -0.4 is 0 Å². The lowest BCUT2D eigenvalue weighted by molar-refractivity contribution is -0.143. The lowest BCUT2D eigenvalue weighted by atomic mass is 9.98. The van der Waals surface area contributed by atoms with E-state index in [1.54, 1.807) is 6.07 Å². The van der Waals surface area contributed by atoms with Gasteiger partial charge in [-0.15, -0.1) is 0 Å². The van der Waals surface area contributed by atoms with E-state index in [1.165, 1.54) is 17.0 Å². The molecule has 0 heterocycles. The van der Waals surface area contributed by atoms with Crippen molar-refractivity contribution in [3.8, 4) is 11.1 Å². The summed E-state index contributed by atoms with van der Waals surface area (Å²) >= 11 is 12.4. The Hall–Kier alpha value is -3.02. The summed E-state index contributed by atoms with van der Waals surface area (Å²) in [5.41, 5.74) is 4.72. The van der Waals surface area contributed by atoms with E-state index < -0.39 is 18.1 Å². The average Bonchev–Trinajstić information content (AvgIpc) is 3.59. The molecule has 0 bridgehead atoms. The Morgan fingerprint density at radius 2 is 1.58 bits per heavy atom. The van der Waals surface area contributed by atoms with Gasteiger partial charge in [-0.25, -0.2) is 9.59 Å². The van der Waals surface area contributed by atoms with Crippen molar-refractivity contribution in [2.75, 3.05) is 6.61 Å². The minimum atomic E-state index is -1.28. The zero-order valence-electron chi connectivity index (χ0n) is 17.6. The summed E-state index contributed by atoms with van der Waals surface area (Å²) in [5.74, 6) is -1.29. The zero-order valence-corrected chi connectivity index (χ0v) is 19.1. The molecule has 2 aliphatic carbocycles.